The van der Waals surface area contributed by atoms with E-state index >= 15 is 0 Å². The average Bonchev–Trinajstić information content (AvgIpc) is 3.09. The lowest BCUT2D eigenvalue weighted by Crippen LogP contribution is -2.50. The van der Waals surface area contributed by atoms with Gasteiger partial charge < -0.3 is 24.0 Å². The van der Waals surface area contributed by atoms with Gasteiger partial charge in [0.15, 0.2) is 6.10 Å². The van der Waals surface area contributed by atoms with Gasteiger partial charge in [0, 0.05) is 24.1 Å². The number of nitrogens with zero attached hydrogens (tertiary/aromatic N) is 1. The Hall–Kier alpha value is -2.83. The molecule has 1 amide bonds. The van der Waals surface area contributed by atoms with Crippen molar-refractivity contribution in [3.8, 4) is 5.75 Å². The van der Waals surface area contributed by atoms with Crippen LogP contribution >= 0.6 is 0 Å². The van der Waals surface area contributed by atoms with E-state index in [0.717, 1.165) is 10.9 Å². The molecule has 3 rings (SSSR count). The van der Waals surface area contributed by atoms with Crippen LogP contribution in [0.4, 0.5) is 0 Å². The maximum atomic E-state index is 12.5. The molecule has 0 unspecified atom stereocenters. The van der Waals surface area contributed by atoms with Crippen molar-refractivity contribution in [2.75, 3.05) is 6.54 Å². The van der Waals surface area contributed by atoms with Gasteiger partial charge in [-0.2, -0.15) is 0 Å². The highest BCUT2D eigenvalue weighted by molar-refractivity contribution is 5.86. The van der Waals surface area contributed by atoms with Crippen LogP contribution in [0.15, 0.2) is 33.5 Å². The van der Waals surface area contributed by atoms with Crippen LogP contribution in [0.5, 0.6) is 5.75 Å². The molecule has 2 aromatic rings. The van der Waals surface area contributed by atoms with Gasteiger partial charge in [-0.3, -0.25) is 4.79 Å². The number of aryl methyl sites for hydroxylation is 1. The minimum Gasteiger partial charge on any atom is -0.548 e. The second kappa shape index (κ2) is 7.19. The zero-order valence-electron chi connectivity index (χ0n) is 14.7. The Morgan fingerprint density at radius 2 is 2.15 bits per heavy atom. The topological polar surface area (TPSA) is 99.9 Å². The van der Waals surface area contributed by atoms with Crippen LogP contribution in [0.3, 0.4) is 0 Å². The van der Waals surface area contributed by atoms with E-state index in [1.807, 2.05) is 6.92 Å². The average molecular weight is 358 g/mol. The van der Waals surface area contributed by atoms with E-state index in [2.05, 4.69) is 0 Å². The first-order valence-electron chi connectivity index (χ1n) is 8.65. The standard InChI is InChI=1S/C19H21NO6/c1-3-12-9-17(21)26-16-10-13(6-7-14(12)16)25-11(2)18(22)20-8-4-5-15(20)19(23)24/h6-7,9-11,15H,3-5,8H2,1-2H3,(H,23,24)/p-1/t11-,15-/m1/s1. The monoisotopic (exact) mass is 358 g/mol. The summed E-state index contributed by atoms with van der Waals surface area (Å²) in [5.74, 6) is -1.28. The van der Waals surface area contributed by atoms with E-state index in [9.17, 15) is 19.5 Å². The molecule has 26 heavy (non-hydrogen) atoms. The number of amides is 1. The highest BCUT2D eigenvalue weighted by Crippen LogP contribution is 2.25. The van der Waals surface area contributed by atoms with Crippen molar-refractivity contribution < 1.29 is 23.8 Å². The van der Waals surface area contributed by atoms with Crippen molar-refractivity contribution >= 4 is 22.8 Å². The highest BCUT2D eigenvalue weighted by atomic mass is 16.5. The smallest absolute Gasteiger partial charge is 0.336 e. The number of carbonyl (C=O) groups excluding carboxylic acids is 2. The highest BCUT2D eigenvalue weighted by Gasteiger charge is 2.33. The third kappa shape index (κ3) is 3.42. The summed E-state index contributed by atoms with van der Waals surface area (Å²) in [5, 5.41) is 12.0. The number of ether oxygens (including phenoxy) is 1. The molecule has 0 radical (unpaired) electrons. The number of rotatable bonds is 5. The number of hydrogen-bond donors (Lipinski definition) is 0. The number of carbonyl (C=O) groups is 2. The van der Waals surface area contributed by atoms with E-state index in [-0.39, 0.29) is 0 Å². The van der Waals surface area contributed by atoms with Crippen LogP contribution in [-0.2, 0) is 16.0 Å². The Morgan fingerprint density at radius 1 is 1.38 bits per heavy atom. The van der Waals surface area contributed by atoms with Crippen LogP contribution in [-0.4, -0.2) is 35.5 Å². The molecule has 1 aromatic carbocycles. The second-order valence-corrected chi connectivity index (χ2v) is 6.37. The van der Waals surface area contributed by atoms with Gasteiger partial charge in [-0.1, -0.05) is 6.92 Å². The van der Waals surface area contributed by atoms with Crippen molar-refractivity contribution in [2.24, 2.45) is 0 Å². The van der Waals surface area contributed by atoms with E-state index in [1.165, 1.54) is 11.0 Å². The SMILES string of the molecule is CCc1cc(=O)oc2cc(O[C@H](C)C(=O)N3CCC[C@@H]3C(=O)[O-])ccc12. The van der Waals surface area contributed by atoms with Gasteiger partial charge in [0.1, 0.15) is 11.3 Å². The fourth-order valence-corrected chi connectivity index (χ4v) is 3.34. The maximum absolute atomic E-state index is 12.5. The fraction of sp³-hybridized carbons (Fsp3) is 0.421. The molecule has 7 nitrogen and oxygen atoms in total. The van der Waals surface area contributed by atoms with E-state index in [0.29, 0.717) is 37.1 Å². The van der Waals surface area contributed by atoms with Gasteiger partial charge in [0.25, 0.3) is 5.91 Å². The first-order chi connectivity index (χ1) is 12.4. The Kier molecular flexibility index (Phi) is 4.97. The summed E-state index contributed by atoms with van der Waals surface area (Å²) in [4.78, 5) is 36.6. The Morgan fingerprint density at radius 3 is 2.85 bits per heavy atom. The third-order valence-corrected chi connectivity index (χ3v) is 4.65. The maximum Gasteiger partial charge on any atom is 0.336 e. The molecule has 2 heterocycles. The number of fused-ring (bicyclic) bond motifs is 1. The second-order valence-electron chi connectivity index (χ2n) is 6.37. The van der Waals surface area contributed by atoms with Gasteiger partial charge in [-0.15, -0.1) is 0 Å². The van der Waals surface area contributed by atoms with Gasteiger partial charge >= 0.3 is 5.63 Å². The number of hydrogen-bond acceptors (Lipinski definition) is 6. The summed E-state index contributed by atoms with van der Waals surface area (Å²) < 4.78 is 10.9. The van der Waals surface area contributed by atoms with Crippen molar-refractivity contribution in [3.05, 3.63) is 40.2 Å². The molecule has 0 bridgehead atoms. The van der Waals surface area contributed by atoms with Gasteiger partial charge in [-0.25, -0.2) is 4.79 Å². The molecule has 138 valence electrons. The molecule has 0 N–H and O–H groups in total. The minimum absolute atomic E-state index is 0.373. The van der Waals surface area contributed by atoms with Gasteiger partial charge in [0.05, 0.1) is 12.0 Å². The Bertz CT molecular complexity index is 903. The van der Waals surface area contributed by atoms with Crippen molar-refractivity contribution in [3.63, 3.8) is 0 Å². The normalized spacial score (nSPS) is 18.1. The van der Waals surface area contributed by atoms with Crippen molar-refractivity contribution in [1.29, 1.82) is 0 Å². The summed E-state index contributed by atoms with van der Waals surface area (Å²) in [6, 6.07) is 5.60. The summed E-state index contributed by atoms with van der Waals surface area (Å²) in [6.45, 7) is 3.89. The fourth-order valence-electron chi connectivity index (χ4n) is 3.34. The predicted molar refractivity (Wildman–Crippen MR) is 91.7 cm³/mol. The minimum atomic E-state index is -1.25. The molecule has 1 aliphatic rings. The number of carboxylic acids is 1. The molecule has 1 saturated heterocycles. The summed E-state index contributed by atoms with van der Waals surface area (Å²) in [6.07, 6.45) is 0.838. The lowest BCUT2D eigenvalue weighted by molar-refractivity contribution is -0.310. The molecule has 0 saturated carbocycles. The molecular formula is C19H20NO6-. The Labute approximate surface area is 150 Å². The van der Waals surface area contributed by atoms with Gasteiger partial charge in [0.2, 0.25) is 0 Å². The molecular weight excluding hydrogens is 338 g/mol. The van der Waals surface area contributed by atoms with Crippen LogP contribution in [0.2, 0.25) is 0 Å². The molecule has 7 heteroatoms. The molecule has 0 spiro atoms. The number of benzene rings is 1. The van der Waals surface area contributed by atoms with Gasteiger partial charge in [-0.05, 0) is 43.9 Å². The lowest BCUT2D eigenvalue weighted by Gasteiger charge is -2.28. The number of aliphatic carboxylic acids is 1. The van der Waals surface area contributed by atoms with Crippen LogP contribution in [0, 0.1) is 0 Å². The molecule has 1 fully saturated rings. The predicted octanol–water partition coefficient (Wildman–Crippen LogP) is 0.864. The molecule has 0 aliphatic carbocycles. The van der Waals surface area contributed by atoms with Crippen LogP contribution in [0.25, 0.3) is 11.0 Å². The summed E-state index contributed by atoms with van der Waals surface area (Å²) in [7, 11) is 0. The van der Waals surface area contributed by atoms with E-state index < -0.39 is 29.6 Å². The molecule has 1 aromatic heterocycles. The first kappa shape index (κ1) is 18.0. The van der Waals surface area contributed by atoms with Crippen LogP contribution < -0.4 is 15.5 Å². The van der Waals surface area contributed by atoms with E-state index in [1.54, 1.807) is 25.1 Å². The molecule has 1 aliphatic heterocycles. The number of carboxylic acid groups (broad SMARTS) is 1. The van der Waals surface area contributed by atoms with Crippen LogP contribution in [0.1, 0.15) is 32.3 Å². The number of likely N-dealkylation sites (tertiary alicyclic amines) is 1. The lowest BCUT2D eigenvalue weighted by atomic mass is 10.1. The Balaban J connectivity index is 1.81. The quantitative estimate of drug-likeness (QED) is 0.735. The third-order valence-electron chi connectivity index (χ3n) is 4.65. The first-order valence-corrected chi connectivity index (χ1v) is 8.65. The van der Waals surface area contributed by atoms with Crippen molar-refractivity contribution in [1.82, 2.24) is 4.90 Å². The van der Waals surface area contributed by atoms with E-state index in [4.69, 9.17) is 9.15 Å². The van der Waals surface area contributed by atoms with Crippen molar-refractivity contribution in [2.45, 2.75) is 45.3 Å². The molecule has 2 atom stereocenters. The zero-order chi connectivity index (χ0) is 18.8. The largest absolute Gasteiger partial charge is 0.548 e. The summed E-state index contributed by atoms with van der Waals surface area (Å²) in [5.41, 5.74) is 0.825. The summed E-state index contributed by atoms with van der Waals surface area (Å²) >= 11 is 0. The zero-order valence-corrected chi connectivity index (χ0v) is 14.7.